The maximum absolute atomic E-state index is 12.3. The molecule has 7 nitrogen and oxygen atoms in total. The van der Waals surface area contributed by atoms with Crippen molar-refractivity contribution in [1.82, 2.24) is 9.88 Å². The number of hydrogen-bond acceptors (Lipinski definition) is 5. The molecule has 1 amide bonds. The van der Waals surface area contributed by atoms with E-state index < -0.39 is 11.9 Å². The van der Waals surface area contributed by atoms with E-state index >= 15 is 0 Å². The number of pyridine rings is 1. The Morgan fingerprint density at radius 3 is 2.44 bits per heavy atom. The molecule has 0 spiro atoms. The first-order chi connectivity index (χ1) is 13.0. The summed E-state index contributed by atoms with van der Waals surface area (Å²) in [7, 11) is 0. The van der Waals surface area contributed by atoms with Gasteiger partial charge in [-0.05, 0) is 55.3 Å². The van der Waals surface area contributed by atoms with Crippen LogP contribution >= 0.6 is 0 Å². The third-order valence-electron chi connectivity index (χ3n) is 3.91. The molecule has 2 N–H and O–H groups in total. The lowest BCUT2D eigenvalue weighted by Gasteiger charge is -2.18. The minimum absolute atomic E-state index is 0.0195. The molecule has 0 aliphatic rings. The molecule has 0 fully saturated rings. The van der Waals surface area contributed by atoms with E-state index in [1.807, 2.05) is 30.0 Å². The zero-order valence-corrected chi connectivity index (χ0v) is 14.9. The van der Waals surface area contributed by atoms with E-state index in [0.717, 1.165) is 12.0 Å². The number of anilines is 1. The number of nitrogens with zero attached hydrogens (tertiary/aromatic N) is 3. The summed E-state index contributed by atoms with van der Waals surface area (Å²) in [6.45, 7) is 3.25. The first-order valence-corrected chi connectivity index (χ1v) is 8.43. The molecule has 0 aliphatic heterocycles. The van der Waals surface area contributed by atoms with Gasteiger partial charge < -0.3 is 15.3 Å². The molecule has 0 unspecified atom stereocenters. The van der Waals surface area contributed by atoms with Gasteiger partial charge in [-0.15, -0.1) is 0 Å². The summed E-state index contributed by atoms with van der Waals surface area (Å²) >= 11 is 0. The Hall–Kier alpha value is -3.66. The summed E-state index contributed by atoms with van der Waals surface area (Å²) in [5.74, 6) is -1.58. The molecule has 138 valence electrons. The standard InChI is InChI=1S/C20H20N4O3/c1-2-24(12-9-15-7-10-22-11-8-15)14-17(13-21)19(25)23-18-5-3-16(4-6-18)20(26)27/h3-8,10-11,14H,2,9,12H2,1H3,(H,23,25)(H,26,27)/b17-14-. The Kier molecular flexibility index (Phi) is 7.08. The summed E-state index contributed by atoms with van der Waals surface area (Å²) in [4.78, 5) is 29.1. The van der Waals surface area contributed by atoms with Crippen molar-refractivity contribution in [3.63, 3.8) is 0 Å². The minimum atomic E-state index is -1.04. The van der Waals surface area contributed by atoms with E-state index in [1.54, 1.807) is 18.6 Å². The number of nitriles is 1. The van der Waals surface area contributed by atoms with Crippen LogP contribution in [0.5, 0.6) is 0 Å². The highest BCUT2D eigenvalue weighted by Crippen LogP contribution is 2.11. The van der Waals surface area contributed by atoms with Crippen LogP contribution < -0.4 is 5.32 Å². The highest BCUT2D eigenvalue weighted by Gasteiger charge is 2.12. The van der Waals surface area contributed by atoms with Crippen LogP contribution in [0.3, 0.4) is 0 Å². The summed E-state index contributed by atoms with van der Waals surface area (Å²) in [5, 5.41) is 20.8. The number of amides is 1. The molecule has 27 heavy (non-hydrogen) atoms. The first-order valence-electron chi connectivity index (χ1n) is 8.43. The van der Waals surface area contributed by atoms with Crippen LogP contribution in [-0.2, 0) is 11.2 Å². The van der Waals surface area contributed by atoms with Crippen molar-refractivity contribution in [2.45, 2.75) is 13.3 Å². The summed E-state index contributed by atoms with van der Waals surface area (Å²) in [6.07, 6.45) is 5.77. The second-order valence-electron chi connectivity index (χ2n) is 5.73. The molecule has 7 heteroatoms. The van der Waals surface area contributed by atoms with Crippen LogP contribution in [0, 0.1) is 11.3 Å². The lowest BCUT2D eigenvalue weighted by molar-refractivity contribution is -0.112. The third-order valence-corrected chi connectivity index (χ3v) is 3.91. The van der Waals surface area contributed by atoms with Gasteiger partial charge in [0.05, 0.1) is 5.56 Å². The minimum Gasteiger partial charge on any atom is -0.478 e. The molecule has 1 aromatic carbocycles. The second kappa shape index (κ2) is 9.73. The normalized spacial score (nSPS) is 10.7. The molecular weight excluding hydrogens is 344 g/mol. The van der Waals surface area contributed by atoms with Crippen LogP contribution in [0.25, 0.3) is 0 Å². The molecule has 2 rings (SSSR count). The molecule has 1 aromatic heterocycles. The van der Waals surface area contributed by atoms with Crippen LogP contribution in [0.1, 0.15) is 22.8 Å². The lowest BCUT2D eigenvalue weighted by Crippen LogP contribution is -2.23. The summed E-state index contributed by atoms with van der Waals surface area (Å²) in [5.41, 5.74) is 1.65. The predicted octanol–water partition coefficient (Wildman–Crippen LogP) is 2.69. The third kappa shape index (κ3) is 5.97. The first kappa shape index (κ1) is 19.7. The van der Waals surface area contributed by atoms with Gasteiger partial charge in [0, 0.05) is 37.4 Å². The largest absolute Gasteiger partial charge is 0.478 e. The van der Waals surface area contributed by atoms with E-state index in [-0.39, 0.29) is 11.1 Å². The fraction of sp³-hybridized carbons (Fsp3) is 0.200. The molecule has 0 aliphatic carbocycles. The zero-order chi connectivity index (χ0) is 19.6. The highest BCUT2D eigenvalue weighted by molar-refractivity contribution is 6.06. The van der Waals surface area contributed by atoms with E-state index in [1.165, 1.54) is 24.3 Å². The van der Waals surface area contributed by atoms with Crippen molar-refractivity contribution in [2.24, 2.45) is 0 Å². The molecule has 0 saturated carbocycles. The summed E-state index contributed by atoms with van der Waals surface area (Å²) in [6, 6.07) is 11.5. The van der Waals surface area contributed by atoms with Crippen molar-refractivity contribution >= 4 is 17.6 Å². The number of rotatable bonds is 8. The second-order valence-corrected chi connectivity index (χ2v) is 5.73. The number of likely N-dealkylation sites (N-methyl/N-ethyl adjacent to an activating group) is 1. The molecule has 0 radical (unpaired) electrons. The fourth-order valence-electron chi connectivity index (χ4n) is 2.35. The number of aromatic nitrogens is 1. The number of carboxylic acids is 1. The number of benzene rings is 1. The van der Waals surface area contributed by atoms with Crippen LogP contribution in [0.15, 0.2) is 60.6 Å². The Labute approximate surface area is 157 Å². The maximum Gasteiger partial charge on any atom is 0.335 e. The summed E-state index contributed by atoms with van der Waals surface area (Å²) < 4.78 is 0. The average molecular weight is 364 g/mol. The van der Waals surface area contributed by atoms with Crippen molar-refractivity contribution in [1.29, 1.82) is 5.26 Å². The number of hydrogen-bond donors (Lipinski definition) is 2. The van der Waals surface area contributed by atoms with Gasteiger partial charge in [-0.25, -0.2) is 4.79 Å². The van der Waals surface area contributed by atoms with Gasteiger partial charge in [-0.2, -0.15) is 5.26 Å². The zero-order valence-electron chi connectivity index (χ0n) is 14.9. The van der Waals surface area contributed by atoms with Crippen molar-refractivity contribution in [2.75, 3.05) is 18.4 Å². The number of aromatic carboxylic acids is 1. The lowest BCUT2D eigenvalue weighted by atomic mass is 10.2. The van der Waals surface area contributed by atoms with Crippen LogP contribution in [0.2, 0.25) is 0 Å². The maximum atomic E-state index is 12.3. The Morgan fingerprint density at radius 1 is 1.22 bits per heavy atom. The fourth-order valence-corrected chi connectivity index (χ4v) is 2.35. The van der Waals surface area contributed by atoms with Crippen molar-refractivity contribution in [3.05, 3.63) is 71.7 Å². The van der Waals surface area contributed by atoms with Gasteiger partial charge >= 0.3 is 5.97 Å². The quantitative estimate of drug-likeness (QED) is 0.551. The van der Waals surface area contributed by atoms with E-state index in [9.17, 15) is 14.9 Å². The van der Waals surface area contributed by atoms with Gasteiger partial charge in [-0.1, -0.05) is 0 Å². The van der Waals surface area contributed by atoms with Crippen molar-refractivity contribution < 1.29 is 14.7 Å². The van der Waals surface area contributed by atoms with E-state index in [2.05, 4.69) is 10.3 Å². The van der Waals surface area contributed by atoms with Crippen LogP contribution in [0.4, 0.5) is 5.69 Å². The SMILES string of the molecule is CCN(/C=C(/C#N)C(=O)Nc1ccc(C(=O)O)cc1)CCc1ccncc1. The Bertz CT molecular complexity index is 855. The molecule has 0 saturated heterocycles. The highest BCUT2D eigenvalue weighted by atomic mass is 16.4. The van der Waals surface area contributed by atoms with Gasteiger partial charge in [0.2, 0.25) is 0 Å². The van der Waals surface area contributed by atoms with Crippen molar-refractivity contribution in [3.8, 4) is 6.07 Å². The predicted molar refractivity (Wildman–Crippen MR) is 101 cm³/mol. The Morgan fingerprint density at radius 2 is 1.89 bits per heavy atom. The van der Waals surface area contributed by atoms with Crippen LogP contribution in [-0.4, -0.2) is 40.0 Å². The number of carboxylic acid groups (broad SMARTS) is 1. The van der Waals surface area contributed by atoms with Gasteiger partial charge in [0.1, 0.15) is 11.6 Å². The number of carbonyl (C=O) groups excluding carboxylic acids is 1. The molecule has 2 aromatic rings. The average Bonchev–Trinajstić information content (AvgIpc) is 2.69. The molecular formula is C20H20N4O3. The molecule has 1 heterocycles. The van der Waals surface area contributed by atoms with E-state index in [4.69, 9.17) is 5.11 Å². The van der Waals surface area contributed by atoms with Gasteiger partial charge in [0.15, 0.2) is 0 Å². The molecule has 0 atom stereocenters. The van der Waals surface area contributed by atoms with Gasteiger partial charge in [-0.3, -0.25) is 9.78 Å². The number of nitrogens with one attached hydrogen (secondary N) is 1. The Balaban J connectivity index is 2.02. The monoisotopic (exact) mass is 364 g/mol. The van der Waals surface area contributed by atoms with Gasteiger partial charge in [0.25, 0.3) is 5.91 Å². The smallest absolute Gasteiger partial charge is 0.335 e. The molecule has 0 bridgehead atoms. The topological polar surface area (TPSA) is 106 Å². The number of carbonyl (C=O) groups is 2. The van der Waals surface area contributed by atoms with E-state index in [0.29, 0.717) is 18.8 Å².